The molecule has 0 spiro atoms. The van der Waals surface area contributed by atoms with Gasteiger partial charge in [0.25, 0.3) is 0 Å². The van der Waals surface area contributed by atoms with Crippen LogP contribution in [-0.4, -0.2) is 79.6 Å². The van der Waals surface area contributed by atoms with Crippen LogP contribution >= 0.6 is 0 Å². The lowest BCUT2D eigenvalue weighted by molar-refractivity contribution is -0.128. The van der Waals surface area contributed by atoms with Crippen molar-refractivity contribution in [1.29, 1.82) is 0 Å². The topological polar surface area (TPSA) is 128 Å². The van der Waals surface area contributed by atoms with Crippen molar-refractivity contribution in [3.8, 4) is 11.3 Å². The van der Waals surface area contributed by atoms with Crippen molar-refractivity contribution in [2.45, 2.75) is 58.0 Å². The molecule has 4 atom stereocenters. The summed E-state index contributed by atoms with van der Waals surface area (Å²) in [6.45, 7) is 5.94. The molecule has 0 bridgehead atoms. The summed E-state index contributed by atoms with van der Waals surface area (Å²) < 4.78 is 0. The van der Waals surface area contributed by atoms with E-state index in [1.807, 2.05) is 117 Å². The molecule has 3 aromatic carbocycles. The quantitative estimate of drug-likeness (QED) is 0.0993. The minimum absolute atomic E-state index is 0.106. The predicted molar refractivity (Wildman–Crippen MR) is 200 cm³/mol. The molecule has 51 heavy (non-hydrogen) atoms. The minimum atomic E-state index is -0.977. The van der Waals surface area contributed by atoms with E-state index in [1.54, 1.807) is 27.2 Å². The zero-order chi connectivity index (χ0) is 35.7. The molecule has 0 aliphatic carbocycles. The van der Waals surface area contributed by atoms with Crippen molar-refractivity contribution < 1.29 is 14.7 Å². The van der Waals surface area contributed by atoms with E-state index in [0.717, 1.165) is 38.9 Å². The van der Waals surface area contributed by atoms with Crippen molar-refractivity contribution >= 4 is 22.8 Å². The van der Waals surface area contributed by atoms with Crippen LogP contribution in [0.3, 0.4) is 0 Å². The lowest BCUT2D eigenvalue weighted by atomic mass is 9.95. The minimum Gasteiger partial charge on any atom is -0.390 e. The molecule has 10 heteroatoms. The molecule has 0 radical (unpaired) electrons. The number of fused-ring (bicyclic) bond motifs is 1. The molecule has 6 rings (SSSR count). The maximum absolute atomic E-state index is 14.3. The Morgan fingerprint density at radius 2 is 1.65 bits per heavy atom. The number of benzene rings is 3. The number of amides is 3. The smallest absolute Gasteiger partial charge is 0.321 e. The number of carbonyl (C=O) groups is 2. The highest BCUT2D eigenvalue weighted by atomic mass is 16.3. The fourth-order valence-electron chi connectivity index (χ4n) is 6.84. The van der Waals surface area contributed by atoms with Crippen molar-refractivity contribution in [3.05, 3.63) is 132 Å². The second-order valence-electron chi connectivity index (χ2n) is 13.4. The number of nitrogens with one attached hydrogen (secondary N) is 1. The molecule has 0 saturated carbocycles. The molecule has 1 aliphatic heterocycles. The Hall–Kier alpha value is -5.16. The number of aliphatic hydroxyl groups is 1. The lowest BCUT2D eigenvalue weighted by Crippen LogP contribution is -2.57. The predicted octanol–water partition coefficient (Wildman–Crippen LogP) is 5.41. The van der Waals surface area contributed by atoms with Crippen LogP contribution in [0, 0.1) is 5.92 Å². The Kier molecular flexibility index (Phi) is 11.7. The van der Waals surface area contributed by atoms with Gasteiger partial charge >= 0.3 is 6.03 Å². The van der Waals surface area contributed by atoms with E-state index in [9.17, 15) is 14.7 Å². The van der Waals surface area contributed by atoms with Gasteiger partial charge in [0.1, 0.15) is 6.04 Å². The van der Waals surface area contributed by atoms with Crippen LogP contribution in [-0.2, 0) is 24.3 Å². The molecule has 5 aromatic rings. The number of nitrogens with zero attached hydrogens (tertiary/aromatic N) is 5. The normalized spacial score (nSPS) is 15.6. The number of para-hydroxylation sites is 1. The third-order valence-corrected chi connectivity index (χ3v) is 9.83. The number of rotatable bonds is 15. The fourth-order valence-corrected chi connectivity index (χ4v) is 6.84. The van der Waals surface area contributed by atoms with Gasteiger partial charge in [-0.15, -0.1) is 0 Å². The number of aromatic nitrogens is 2. The summed E-state index contributed by atoms with van der Waals surface area (Å²) in [7, 11) is 0. The van der Waals surface area contributed by atoms with Crippen LogP contribution < -0.4 is 11.2 Å². The first-order valence-electron chi connectivity index (χ1n) is 17.7. The van der Waals surface area contributed by atoms with Gasteiger partial charge in [0.2, 0.25) is 5.91 Å². The average Bonchev–Trinajstić information content (AvgIpc) is 3.50. The van der Waals surface area contributed by atoms with Gasteiger partial charge in [-0.05, 0) is 53.3 Å². The van der Waals surface area contributed by atoms with Crippen molar-refractivity contribution in [3.63, 3.8) is 0 Å². The zero-order valence-corrected chi connectivity index (χ0v) is 29.3. The SMILES string of the molecule is CCC(C)C(C(=O)N[C@@H](Cc1ccccc1)[C@@H](O)CN(N)Cc1ccc(-c2ccccn2)cc1)N1CCN(Cc2ccnc3ccccc23)C1=O. The fraction of sp³-hybridized carbons (Fsp3) is 0.317. The molecule has 1 fully saturated rings. The van der Waals surface area contributed by atoms with Crippen molar-refractivity contribution in [2.75, 3.05) is 19.6 Å². The molecule has 264 valence electrons. The van der Waals surface area contributed by atoms with Crippen LogP contribution in [0.15, 0.2) is 116 Å². The molecular formula is C41H47N7O3. The van der Waals surface area contributed by atoms with Gasteiger partial charge in [-0.25, -0.2) is 9.80 Å². The maximum Gasteiger partial charge on any atom is 0.321 e. The average molecular weight is 686 g/mol. The van der Waals surface area contributed by atoms with Crippen molar-refractivity contribution in [1.82, 2.24) is 30.1 Å². The molecule has 1 saturated heterocycles. The van der Waals surface area contributed by atoms with E-state index in [2.05, 4.69) is 15.3 Å². The Balaban J connectivity index is 1.14. The van der Waals surface area contributed by atoms with Crippen LogP contribution in [0.5, 0.6) is 0 Å². The van der Waals surface area contributed by atoms with E-state index < -0.39 is 18.2 Å². The summed E-state index contributed by atoms with van der Waals surface area (Å²) in [5.74, 6) is 6.08. The highest BCUT2D eigenvalue weighted by molar-refractivity contribution is 5.89. The summed E-state index contributed by atoms with van der Waals surface area (Å²) >= 11 is 0. The molecule has 2 aromatic heterocycles. The van der Waals surface area contributed by atoms with E-state index in [-0.39, 0.29) is 24.4 Å². The lowest BCUT2D eigenvalue weighted by Gasteiger charge is -2.34. The molecule has 4 N–H and O–H groups in total. The van der Waals surface area contributed by atoms with Gasteiger partial charge in [-0.2, -0.15) is 0 Å². The van der Waals surface area contributed by atoms with E-state index >= 15 is 0 Å². The summed E-state index contributed by atoms with van der Waals surface area (Å²) in [6.07, 6.45) is 3.67. The molecular weight excluding hydrogens is 638 g/mol. The number of carbonyl (C=O) groups excluding carboxylic acids is 2. The number of hydrazine groups is 1. The standard InChI is InChI=1S/C41H47N7O3/c1-3-29(2)39(48-24-23-46(41(48)51)27-33-20-22-44-36-15-8-7-13-34(33)36)40(50)45-37(25-30-11-5-4-6-12-30)38(49)28-47(42)26-31-16-18-32(19-17-31)35-14-9-10-21-43-35/h4-22,29,37-39,49H,3,23-28,42H2,1-2H3,(H,45,50)/t29?,37-,38-,39?/m0/s1. The van der Waals surface area contributed by atoms with Crippen LogP contribution in [0.1, 0.15) is 37.0 Å². The summed E-state index contributed by atoms with van der Waals surface area (Å²) in [4.78, 5) is 40.6. The van der Waals surface area contributed by atoms with E-state index in [4.69, 9.17) is 5.84 Å². The van der Waals surface area contributed by atoms with Gasteiger partial charge in [0.05, 0.1) is 23.4 Å². The summed E-state index contributed by atoms with van der Waals surface area (Å²) in [5, 5.41) is 17.4. The monoisotopic (exact) mass is 685 g/mol. The van der Waals surface area contributed by atoms with E-state index in [1.165, 1.54) is 0 Å². The highest BCUT2D eigenvalue weighted by Crippen LogP contribution is 2.25. The van der Waals surface area contributed by atoms with Gasteiger partial charge < -0.3 is 20.2 Å². The first-order valence-corrected chi connectivity index (χ1v) is 17.7. The Morgan fingerprint density at radius 3 is 2.39 bits per heavy atom. The Morgan fingerprint density at radius 1 is 0.902 bits per heavy atom. The Bertz CT molecular complexity index is 1890. The van der Waals surface area contributed by atoms with Gasteiger partial charge in [-0.1, -0.05) is 99.1 Å². The van der Waals surface area contributed by atoms with Crippen molar-refractivity contribution in [2.24, 2.45) is 11.8 Å². The maximum atomic E-state index is 14.3. The summed E-state index contributed by atoms with van der Waals surface area (Å²) in [5.41, 5.74) is 5.76. The summed E-state index contributed by atoms with van der Waals surface area (Å²) in [6, 6.07) is 32.0. The number of urea groups is 1. The Labute approximate surface area is 299 Å². The molecule has 10 nitrogen and oxygen atoms in total. The van der Waals surface area contributed by atoms with Gasteiger partial charge in [0.15, 0.2) is 0 Å². The third kappa shape index (κ3) is 8.78. The first kappa shape index (κ1) is 35.7. The number of hydrogen-bond donors (Lipinski definition) is 3. The number of nitrogens with two attached hydrogens (primary N) is 1. The molecule has 3 heterocycles. The second kappa shape index (κ2) is 16.7. The van der Waals surface area contributed by atoms with E-state index in [0.29, 0.717) is 39.0 Å². The third-order valence-electron chi connectivity index (χ3n) is 9.83. The number of hydrogen-bond acceptors (Lipinski definition) is 7. The number of aliphatic hydroxyl groups excluding tert-OH is 1. The highest BCUT2D eigenvalue weighted by Gasteiger charge is 2.40. The molecule has 3 amide bonds. The molecule has 1 aliphatic rings. The van der Waals surface area contributed by atoms with Gasteiger partial charge in [-0.3, -0.25) is 20.6 Å². The van der Waals surface area contributed by atoms with Crippen LogP contribution in [0.4, 0.5) is 4.79 Å². The zero-order valence-electron chi connectivity index (χ0n) is 29.3. The van der Waals surface area contributed by atoms with Crippen LogP contribution in [0.2, 0.25) is 0 Å². The molecule has 2 unspecified atom stereocenters. The van der Waals surface area contributed by atoms with Crippen LogP contribution in [0.25, 0.3) is 22.2 Å². The second-order valence-corrected chi connectivity index (χ2v) is 13.4. The largest absolute Gasteiger partial charge is 0.390 e. The van der Waals surface area contributed by atoms with Gasteiger partial charge in [0, 0.05) is 56.1 Å². The number of pyridine rings is 2. The first-order chi connectivity index (χ1) is 24.8.